The molecular weight excluding hydrogens is 444 g/mol. The van der Waals surface area contributed by atoms with E-state index in [0.29, 0.717) is 30.8 Å². The standard InChI is InChI=1S/C25H30N2O5.ClH/c1-6-32-20-14-17(9-10-19(20)28)22-21(23(29)18-13-15(2)7-8-16(18)3)24(30)25(31)27(22)12-11-26(4)5;/h7-10,13-14,22,28-29H,6,11-12H2,1-5H3;1H/b23-21+;. The topological polar surface area (TPSA) is 90.3 Å². The summed E-state index contributed by atoms with van der Waals surface area (Å²) in [5.74, 6) is -1.36. The number of carbonyl (C=O) groups is 2. The highest BCUT2D eigenvalue weighted by molar-refractivity contribution is 6.46. The van der Waals surface area contributed by atoms with Gasteiger partial charge in [-0.3, -0.25) is 9.59 Å². The molecule has 1 aliphatic heterocycles. The number of aromatic hydroxyl groups is 1. The highest BCUT2D eigenvalue weighted by Crippen LogP contribution is 2.42. The number of hydrogen-bond donors (Lipinski definition) is 2. The number of aryl methyl sites for hydroxylation is 2. The highest BCUT2D eigenvalue weighted by Gasteiger charge is 2.46. The van der Waals surface area contributed by atoms with Crippen LogP contribution in [0.3, 0.4) is 0 Å². The second kappa shape index (κ2) is 10.7. The van der Waals surface area contributed by atoms with Crippen LogP contribution >= 0.6 is 12.4 Å². The van der Waals surface area contributed by atoms with E-state index in [1.54, 1.807) is 25.1 Å². The number of hydrogen-bond acceptors (Lipinski definition) is 6. The summed E-state index contributed by atoms with van der Waals surface area (Å²) in [6.07, 6.45) is 0. The second-order valence-corrected chi connectivity index (χ2v) is 8.27. The molecule has 2 aromatic rings. The number of benzene rings is 2. The summed E-state index contributed by atoms with van der Waals surface area (Å²) in [5.41, 5.74) is 2.86. The number of phenols is 1. The fraction of sp³-hybridized carbons (Fsp3) is 0.360. The van der Waals surface area contributed by atoms with Gasteiger partial charge >= 0.3 is 0 Å². The van der Waals surface area contributed by atoms with Crippen molar-refractivity contribution in [1.82, 2.24) is 9.80 Å². The zero-order valence-electron chi connectivity index (χ0n) is 19.6. The van der Waals surface area contributed by atoms with Gasteiger partial charge in [-0.1, -0.05) is 23.8 Å². The molecule has 1 aliphatic rings. The average Bonchev–Trinajstić information content (AvgIpc) is 3.00. The van der Waals surface area contributed by atoms with Crippen LogP contribution in [-0.4, -0.2) is 65.5 Å². The van der Waals surface area contributed by atoms with Gasteiger partial charge in [0, 0.05) is 18.7 Å². The molecule has 2 aromatic carbocycles. The van der Waals surface area contributed by atoms with Crippen LogP contribution in [0.25, 0.3) is 5.76 Å². The van der Waals surface area contributed by atoms with Crippen LogP contribution in [0.2, 0.25) is 0 Å². The summed E-state index contributed by atoms with van der Waals surface area (Å²) in [4.78, 5) is 29.5. The number of ether oxygens (including phenoxy) is 1. The van der Waals surface area contributed by atoms with Crippen molar-refractivity contribution in [2.24, 2.45) is 0 Å². The Balaban J connectivity index is 0.00000385. The third kappa shape index (κ3) is 5.31. The lowest BCUT2D eigenvalue weighted by Gasteiger charge is -2.27. The molecular formula is C25H31ClN2O5. The molecule has 1 amide bonds. The Morgan fingerprint density at radius 1 is 1.12 bits per heavy atom. The van der Waals surface area contributed by atoms with Crippen LogP contribution < -0.4 is 4.74 Å². The predicted octanol–water partition coefficient (Wildman–Crippen LogP) is 3.81. The monoisotopic (exact) mass is 474 g/mol. The van der Waals surface area contributed by atoms with Gasteiger partial charge in [0.2, 0.25) is 0 Å². The van der Waals surface area contributed by atoms with E-state index in [-0.39, 0.29) is 35.2 Å². The van der Waals surface area contributed by atoms with Gasteiger partial charge in [0.15, 0.2) is 11.5 Å². The summed E-state index contributed by atoms with van der Waals surface area (Å²) in [7, 11) is 3.77. The maximum absolute atomic E-state index is 13.1. The van der Waals surface area contributed by atoms with Gasteiger partial charge < -0.3 is 24.7 Å². The molecule has 3 rings (SSSR count). The van der Waals surface area contributed by atoms with Crippen molar-refractivity contribution in [3.63, 3.8) is 0 Å². The van der Waals surface area contributed by atoms with Gasteiger partial charge in [-0.15, -0.1) is 12.4 Å². The zero-order chi connectivity index (χ0) is 23.6. The van der Waals surface area contributed by atoms with E-state index < -0.39 is 17.7 Å². The highest BCUT2D eigenvalue weighted by atomic mass is 35.5. The van der Waals surface area contributed by atoms with E-state index in [1.807, 2.05) is 45.0 Å². The molecule has 178 valence electrons. The lowest BCUT2D eigenvalue weighted by Crippen LogP contribution is -2.35. The molecule has 0 spiro atoms. The summed E-state index contributed by atoms with van der Waals surface area (Å²) >= 11 is 0. The summed E-state index contributed by atoms with van der Waals surface area (Å²) in [5, 5.41) is 21.4. The van der Waals surface area contributed by atoms with Crippen LogP contribution in [0.4, 0.5) is 0 Å². The Hall–Kier alpha value is -3.03. The molecule has 1 fully saturated rings. The van der Waals surface area contributed by atoms with Crippen LogP contribution in [0.15, 0.2) is 42.0 Å². The van der Waals surface area contributed by atoms with E-state index in [9.17, 15) is 19.8 Å². The van der Waals surface area contributed by atoms with Gasteiger partial charge in [0.05, 0.1) is 18.2 Å². The molecule has 0 saturated carbocycles. The Morgan fingerprint density at radius 2 is 1.82 bits per heavy atom. The number of rotatable bonds is 7. The maximum atomic E-state index is 13.1. The largest absolute Gasteiger partial charge is 0.507 e. The summed E-state index contributed by atoms with van der Waals surface area (Å²) < 4.78 is 5.51. The van der Waals surface area contributed by atoms with Crippen molar-refractivity contribution >= 4 is 29.9 Å². The SMILES string of the molecule is CCOc1cc(C2/C(=C(\O)c3cc(C)ccc3C)C(=O)C(=O)N2CCN(C)C)ccc1O.Cl. The van der Waals surface area contributed by atoms with Crippen molar-refractivity contribution in [2.75, 3.05) is 33.8 Å². The van der Waals surface area contributed by atoms with Gasteiger partial charge in [-0.25, -0.2) is 0 Å². The predicted molar refractivity (Wildman–Crippen MR) is 130 cm³/mol. The summed E-state index contributed by atoms with van der Waals surface area (Å²) in [6.45, 7) is 6.74. The number of halogens is 1. The van der Waals surface area contributed by atoms with Gasteiger partial charge in [-0.05, 0) is 64.2 Å². The molecule has 0 aliphatic carbocycles. The van der Waals surface area contributed by atoms with Crippen LogP contribution in [0, 0.1) is 13.8 Å². The molecule has 2 N–H and O–H groups in total. The smallest absolute Gasteiger partial charge is 0.295 e. The molecule has 0 bridgehead atoms. The first kappa shape index (κ1) is 26.2. The third-order valence-corrected chi connectivity index (χ3v) is 5.58. The number of phenolic OH excluding ortho intramolecular Hbond substituents is 1. The minimum atomic E-state index is -0.797. The van der Waals surface area contributed by atoms with E-state index in [1.165, 1.54) is 11.0 Å². The van der Waals surface area contributed by atoms with Gasteiger partial charge in [0.25, 0.3) is 11.7 Å². The molecule has 1 atom stereocenters. The molecule has 33 heavy (non-hydrogen) atoms. The van der Waals surface area contributed by atoms with Crippen molar-refractivity contribution in [3.8, 4) is 11.5 Å². The first-order valence-corrected chi connectivity index (χ1v) is 10.6. The fourth-order valence-corrected chi connectivity index (χ4v) is 3.87. The van der Waals surface area contributed by atoms with E-state index >= 15 is 0 Å². The number of Topliss-reactive ketones (excluding diaryl/α,β-unsaturated/α-hetero) is 1. The Kier molecular flexibility index (Phi) is 8.52. The first-order valence-electron chi connectivity index (χ1n) is 10.6. The van der Waals surface area contributed by atoms with Crippen LogP contribution in [0.1, 0.15) is 35.2 Å². The maximum Gasteiger partial charge on any atom is 0.295 e. The van der Waals surface area contributed by atoms with E-state index in [0.717, 1.165) is 11.1 Å². The van der Waals surface area contributed by atoms with Gasteiger partial charge in [0.1, 0.15) is 5.76 Å². The molecule has 1 unspecified atom stereocenters. The Bertz CT molecular complexity index is 1080. The number of nitrogens with zero attached hydrogens (tertiary/aromatic N) is 2. The van der Waals surface area contributed by atoms with Crippen molar-refractivity contribution in [1.29, 1.82) is 0 Å². The Labute approximate surface area is 200 Å². The molecule has 0 radical (unpaired) electrons. The lowest BCUT2D eigenvalue weighted by atomic mass is 9.93. The number of ketones is 1. The molecule has 7 nitrogen and oxygen atoms in total. The molecule has 0 aromatic heterocycles. The van der Waals surface area contributed by atoms with E-state index in [4.69, 9.17) is 4.74 Å². The van der Waals surface area contributed by atoms with Crippen molar-refractivity contribution in [2.45, 2.75) is 26.8 Å². The first-order chi connectivity index (χ1) is 15.1. The minimum Gasteiger partial charge on any atom is -0.507 e. The number of amides is 1. The average molecular weight is 475 g/mol. The van der Waals surface area contributed by atoms with Crippen molar-refractivity contribution < 1.29 is 24.5 Å². The number of aliphatic hydroxyl groups is 1. The number of aliphatic hydroxyl groups excluding tert-OH is 1. The van der Waals surface area contributed by atoms with Gasteiger partial charge in [-0.2, -0.15) is 0 Å². The van der Waals surface area contributed by atoms with Crippen LogP contribution in [0.5, 0.6) is 11.5 Å². The van der Waals surface area contributed by atoms with Crippen LogP contribution in [-0.2, 0) is 9.59 Å². The normalized spacial score (nSPS) is 17.4. The fourth-order valence-electron chi connectivity index (χ4n) is 3.87. The minimum absolute atomic E-state index is 0. The molecule has 8 heteroatoms. The molecule has 1 heterocycles. The van der Waals surface area contributed by atoms with Crippen molar-refractivity contribution in [3.05, 3.63) is 64.2 Å². The quantitative estimate of drug-likeness (QED) is 0.360. The Morgan fingerprint density at radius 3 is 2.45 bits per heavy atom. The number of likely N-dealkylation sites (N-methyl/N-ethyl adjacent to an activating group) is 1. The number of likely N-dealkylation sites (tertiary alicyclic amines) is 1. The third-order valence-electron chi connectivity index (χ3n) is 5.58. The zero-order valence-corrected chi connectivity index (χ0v) is 20.4. The second-order valence-electron chi connectivity index (χ2n) is 8.27. The van der Waals surface area contributed by atoms with E-state index in [2.05, 4.69) is 0 Å². The lowest BCUT2D eigenvalue weighted by molar-refractivity contribution is -0.140. The molecule has 1 saturated heterocycles. The summed E-state index contributed by atoms with van der Waals surface area (Å²) in [6, 6.07) is 9.54. The number of carbonyl (C=O) groups excluding carboxylic acids is 2.